The highest BCUT2D eigenvalue weighted by atomic mass is 16.5. The molecule has 28 heavy (non-hydrogen) atoms. The highest BCUT2D eigenvalue weighted by Crippen LogP contribution is 2.28. The van der Waals surface area contributed by atoms with Crippen LogP contribution in [-0.2, 0) is 9.59 Å². The van der Waals surface area contributed by atoms with Gasteiger partial charge in [0, 0.05) is 5.54 Å². The number of nitrogens with one attached hydrogen (secondary N) is 3. The Kier molecular flexibility index (Phi) is 7.58. The molecule has 0 saturated carbocycles. The van der Waals surface area contributed by atoms with Crippen molar-refractivity contribution in [3.05, 3.63) is 54.6 Å². The van der Waals surface area contributed by atoms with Crippen molar-refractivity contribution in [3.8, 4) is 11.5 Å². The molecule has 0 aliphatic heterocycles. The SMILES string of the molecule is CC[NH+](CC(=O)Nc1ccccc1Oc1ccccc1)CC(=O)NC(C)(C)C. The number of anilines is 1. The molecule has 1 unspecified atom stereocenters. The van der Waals surface area contributed by atoms with Gasteiger partial charge < -0.3 is 20.3 Å². The second-order valence-electron chi connectivity index (χ2n) is 7.71. The normalized spacial score (nSPS) is 12.1. The van der Waals surface area contributed by atoms with Crippen LogP contribution in [0.5, 0.6) is 11.5 Å². The van der Waals surface area contributed by atoms with Gasteiger partial charge in [-0.15, -0.1) is 0 Å². The van der Waals surface area contributed by atoms with Gasteiger partial charge in [-0.25, -0.2) is 0 Å². The van der Waals surface area contributed by atoms with Crippen molar-refractivity contribution >= 4 is 17.5 Å². The minimum atomic E-state index is -0.286. The molecule has 6 nitrogen and oxygen atoms in total. The molecular formula is C22H30N3O3+. The number of hydrogen-bond donors (Lipinski definition) is 3. The van der Waals surface area contributed by atoms with Crippen LogP contribution in [0.4, 0.5) is 5.69 Å². The number of quaternary nitrogens is 1. The minimum absolute atomic E-state index is 0.0649. The van der Waals surface area contributed by atoms with Gasteiger partial charge in [0.05, 0.1) is 12.2 Å². The van der Waals surface area contributed by atoms with Crippen molar-refractivity contribution in [2.45, 2.75) is 33.2 Å². The van der Waals surface area contributed by atoms with Crippen LogP contribution in [0.15, 0.2) is 54.6 Å². The summed E-state index contributed by atoms with van der Waals surface area (Å²) in [6, 6.07) is 16.7. The first-order chi connectivity index (χ1) is 13.3. The number of rotatable bonds is 8. The predicted octanol–water partition coefficient (Wildman–Crippen LogP) is 2.24. The lowest BCUT2D eigenvalue weighted by atomic mass is 10.1. The maximum atomic E-state index is 12.5. The van der Waals surface area contributed by atoms with Crippen LogP contribution in [0.3, 0.4) is 0 Å². The van der Waals surface area contributed by atoms with E-state index in [1.165, 1.54) is 0 Å². The molecule has 150 valence electrons. The van der Waals surface area contributed by atoms with Gasteiger partial charge >= 0.3 is 0 Å². The van der Waals surface area contributed by atoms with Gasteiger partial charge in [0.1, 0.15) is 5.75 Å². The van der Waals surface area contributed by atoms with E-state index in [0.717, 1.165) is 4.90 Å². The van der Waals surface area contributed by atoms with Crippen LogP contribution < -0.4 is 20.3 Å². The van der Waals surface area contributed by atoms with Crippen molar-refractivity contribution in [3.63, 3.8) is 0 Å². The number of ether oxygens (including phenoxy) is 1. The monoisotopic (exact) mass is 384 g/mol. The second-order valence-corrected chi connectivity index (χ2v) is 7.71. The summed E-state index contributed by atoms with van der Waals surface area (Å²) in [6.07, 6.45) is 0. The molecule has 0 heterocycles. The van der Waals surface area contributed by atoms with E-state index in [9.17, 15) is 9.59 Å². The van der Waals surface area contributed by atoms with Crippen molar-refractivity contribution in [2.75, 3.05) is 25.0 Å². The van der Waals surface area contributed by atoms with Gasteiger partial charge in [0.25, 0.3) is 11.8 Å². The summed E-state index contributed by atoms with van der Waals surface area (Å²) in [7, 11) is 0. The number of likely N-dealkylation sites (N-methyl/N-ethyl adjacent to an activating group) is 1. The lowest BCUT2D eigenvalue weighted by Crippen LogP contribution is -3.14. The van der Waals surface area contributed by atoms with Crippen LogP contribution in [0.2, 0.25) is 0 Å². The Bertz CT molecular complexity index is 785. The average molecular weight is 385 g/mol. The van der Waals surface area contributed by atoms with Crippen LogP contribution in [0, 0.1) is 0 Å². The van der Waals surface area contributed by atoms with Gasteiger partial charge in [-0.1, -0.05) is 30.3 Å². The average Bonchev–Trinajstić information content (AvgIpc) is 2.62. The van der Waals surface area contributed by atoms with E-state index in [4.69, 9.17) is 4.74 Å². The summed E-state index contributed by atoms with van der Waals surface area (Å²) in [5.41, 5.74) is 0.317. The zero-order chi connectivity index (χ0) is 20.6. The molecule has 0 saturated heterocycles. The zero-order valence-electron chi connectivity index (χ0n) is 17.0. The summed E-state index contributed by atoms with van der Waals surface area (Å²) in [5, 5.41) is 5.83. The van der Waals surface area contributed by atoms with E-state index in [-0.39, 0.29) is 30.4 Å². The summed E-state index contributed by atoms with van der Waals surface area (Å²) in [6.45, 7) is 8.90. The standard InChI is InChI=1S/C22H29N3O3/c1-5-25(16-21(27)24-22(2,3)4)15-20(26)23-18-13-9-10-14-19(18)28-17-11-7-6-8-12-17/h6-14H,5,15-16H2,1-4H3,(H,23,26)(H,24,27)/p+1. The number of benzene rings is 2. The molecule has 0 aromatic heterocycles. The molecule has 2 aromatic carbocycles. The molecule has 6 heteroatoms. The molecule has 0 fully saturated rings. The van der Waals surface area contributed by atoms with Crippen LogP contribution in [0.1, 0.15) is 27.7 Å². The first-order valence-corrected chi connectivity index (χ1v) is 9.53. The Morgan fingerprint density at radius 3 is 2.18 bits per heavy atom. The van der Waals surface area contributed by atoms with Gasteiger partial charge in [-0.3, -0.25) is 9.59 Å². The van der Waals surface area contributed by atoms with Gasteiger partial charge in [-0.05, 0) is 52.0 Å². The Morgan fingerprint density at radius 2 is 1.54 bits per heavy atom. The number of carbonyl (C=O) groups is 2. The number of carbonyl (C=O) groups excluding carboxylic acids is 2. The van der Waals surface area contributed by atoms with Crippen molar-refractivity contribution < 1.29 is 19.2 Å². The Labute approximate surface area is 166 Å². The highest BCUT2D eigenvalue weighted by molar-refractivity contribution is 5.93. The van der Waals surface area contributed by atoms with E-state index in [2.05, 4.69) is 10.6 Å². The topological polar surface area (TPSA) is 71.9 Å². The Morgan fingerprint density at radius 1 is 0.929 bits per heavy atom. The Balaban J connectivity index is 1.97. The van der Waals surface area contributed by atoms with E-state index in [0.29, 0.717) is 23.7 Å². The first kappa shape index (κ1) is 21.4. The van der Waals surface area contributed by atoms with E-state index in [1.54, 1.807) is 6.07 Å². The van der Waals surface area contributed by atoms with Crippen LogP contribution >= 0.6 is 0 Å². The maximum absolute atomic E-state index is 12.5. The number of para-hydroxylation sites is 3. The molecule has 0 radical (unpaired) electrons. The lowest BCUT2D eigenvalue weighted by molar-refractivity contribution is -0.881. The van der Waals surface area contributed by atoms with Crippen molar-refractivity contribution in [1.82, 2.24) is 5.32 Å². The molecule has 0 aliphatic carbocycles. The fraction of sp³-hybridized carbons (Fsp3) is 0.364. The third-order valence-electron chi connectivity index (χ3n) is 3.97. The largest absolute Gasteiger partial charge is 0.455 e. The molecule has 2 amide bonds. The molecule has 1 atom stereocenters. The van der Waals surface area contributed by atoms with Crippen molar-refractivity contribution in [1.29, 1.82) is 0 Å². The van der Waals surface area contributed by atoms with Crippen LogP contribution in [0.25, 0.3) is 0 Å². The quantitative estimate of drug-likeness (QED) is 0.654. The summed E-state index contributed by atoms with van der Waals surface area (Å²) in [5.74, 6) is 1.05. The highest BCUT2D eigenvalue weighted by Gasteiger charge is 2.21. The summed E-state index contributed by atoms with van der Waals surface area (Å²) >= 11 is 0. The van der Waals surface area contributed by atoms with Gasteiger partial charge in [-0.2, -0.15) is 0 Å². The molecule has 0 aliphatic rings. The van der Waals surface area contributed by atoms with E-state index < -0.39 is 0 Å². The third kappa shape index (κ3) is 7.40. The number of hydrogen-bond acceptors (Lipinski definition) is 3. The van der Waals surface area contributed by atoms with Gasteiger partial charge in [0.15, 0.2) is 18.8 Å². The molecule has 3 N–H and O–H groups in total. The third-order valence-corrected chi connectivity index (χ3v) is 3.97. The van der Waals surface area contributed by atoms with Crippen LogP contribution in [-0.4, -0.2) is 37.0 Å². The maximum Gasteiger partial charge on any atom is 0.279 e. The Hall–Kier alpha value is -2.86. The fourth-order valence-corrected chi connectivity index (χ4v) is 2.70. The van der Waals surface area contributed by atoms with E-state index >= 15 is 0 Å². The minimum Gasteiger partial charge on any atom is -0.455 e. The fourth-order valence-electron chi connectivity index (χ4n) is 2.70. The summed E-state index contributed by atoms with van der Waals surface area (Å²) in [4.78, 5) is 25.6. The molecular weight excluding hydrogens is 354 g/mol. The lowest BCUT2D eigenvalue weighted by Gasteiger charge is -2.23. The number of amides is 2. The zero-order valence-corrected chi connectivity index (χ0v) is 17.0. The van der Waals surface area contributed by atoms with Crippen molar-refractivity contribution in [2.24, 2.45) is 0 Å². The second kappa shape index (κ2) is 9.90. The van der Waals surface area contributed by atoms with E-state index in [1.807, 2.05) is 76.2 Å². The molecule has 2 rings (SSSR count). The smallest absolute Gasteiger partial charge is 0.279 e. The molecule has 0 bridgehead atoms. The summed E-state index contributed by atoms with van der Waals surface area (Å²) < 4.78 is 5.88. The van der Waals surface area contributed by atoms with Gasteiger partial charge in [0.2, 0.25) is 0 Å². The molecule has 0 spiro atoms. The molecule has 2 aromatic rings. The predicted molar refractivity (Wildman–Crippen MR) is 111 cm³/mol. The first-order valence-electron chi connectivity index (χ1n) is 9.53.